The Balaban J connectivity index is 2.20. The van der Waals surface area contributed by atoms with Crippen LogP contribution < -0.4 is 5.32 Å². The molecule has 0 aliphatic carbocycles. The maximum Gasteiger partial charge on any atom is 0.274 e. The van der Waals surface area contributed by atoms with E-state index in [4.69, 9.17) is 16.0 Å². The lowest BCUT2D eigenvalue weighted by molar-refractivity contribution is 0.0142. The molecule has 0 aliphatic rings. The van der Waals surface area contributed by atoms with E-state index in [-0.39, 0.29) is 18.2 Å². The van der Waals surface area contributed by atoms with Gasteiger partial charge in [-0.3, -0.25) is 4.79 Å². The monoisotopic (exact) mass is 322 g/mol. The molecule has 0 fully saturated rings. The fourth-order valence-corrected chi connectivity index (χ4v) is 2.01. The van der Waals surface area contributed by atoms with E-state index in [1.54, 1.807) is 31.2 Å². The first kappa shape index (κ1) is 16.5. The first-order valence-electron chi connectivity index (χ1n) is 7.02. The second kappa shape index (κ2) is 6.50. The normalized spacial score (nSPS) is 13.9. The summed E-state index contributed by atoms with van der Waals surface area (Å²) in [6, 6.07) is 7.06. The lowest BCUT2D eigenvalue weighted by Gasteiger charge is -2.27. The van der Waals surface area contributed by atoms with Gasteiger partial charge in [0.25, 0.3) is 5.91 Å². The maximum absolute atomic E-state index is 12.3. The van der Waals surface area contributed by atoms with Gasteiger partial charge >= 0.3 is 0 Å². The Labute approximate surface area is 134 Å². The Hall–Kier alpha value is -1.85. The summed E-state index contributed by atoms with van der Waals surface area (Å²) < 4.78 is 5.31. The third-order valence-electron chi connectivity index (χ3n) is 3.75. The van der Waals surface area contributed by atoms with Gasteiger partial charge in [-0.2, -0.15) is 0 Å². The van der Waals surface area contributed by atoms with Crippen LogP contribution in [0.2, 0.25) is 5.02 Å². The molecule has 0 radical (unpaired) electrons. The molecule has 1 heterocycles. The molecule has 118 valence electrons. The quantitative estimate of drug-likeness (QED) is 0.886. The zero-order valence-corrected chi connectivity index (χ0v) is 13.5. The Bertz CT molecular complexity index is 665. The summed E-state index contributed by atoms with van der Waals surface area (Å²) in [6.07, 6.45) is 1.20. The predicted molar refractivity (Wildman–Crippen MR) is 84.7 cm³/mol. The minimum Gasteiger partial charge on any atom is -0.443 e. The van der Waals surface area contributed by atoms with Crippen molar-refractivity contribution in [1.29, 1.82) is 0 Å². The average molecular weight is 323 g/mol. The van der Waals surface area contributed by atoms with Crippen LogP contribution in [-0.4, -0.2) is 28.1 Å². The van der Waals surface area contributed by atoms with Crippen molar-refractivity contribution in [2.24, 2.45) is 5.92 Å². The Morgan fingerprint density at radius 1 is 1.45 bits per heavy atom. The van der Waals surface area contributed by atoms with Crippen molar-refractivity contribution in [3.05, 3.63) is 41.4 Å². The molecule has 0 bridgehead atoms. The van der Waals surface area contributed by atoms with Gasteiger partial charge in [-0.15, -0.1) is 0 Å². The molecule has 0 spiro atoms. The number of nitrogens with one attached hydrogen (secondary N) is 1. The van der Waals surface area contributed by atoms with Crippen LogP contribution in [0.3, 0.4) is 0 Å². The van der Waals surface area contributed by atoms with E-state index in [9.17, 15) is 9.90 Å². The zero-order chi connectivity index (χ0) is 16.3. The highest BCUT2D eigenvalue weighted by atomic mass is 35.5. The Kier molecular flexibility index (Phi) is 4.88. The number of carbonyl (C=O) groups excluding carboxylic acids is 1. The Morgan fingerprint density at radius 3 is 2.77 bits per heavy atom. The lowest BCUT2D eigenvalue weighted by Crippen LogP contribution is -2.44. The molecule has 1 unspecified atom stereocenters. The topological polar surface area (TPSA) is 75.4 Å². The molecular formula is C16H19ClN2O3. The number of carbonyl (C=O) groups is 1. The van der Waals surface area contributed by atoms with E-state index in [0.717, 1.165) is 0 Å². The van der Waals surface area contributed by atoms with E-state index >= 15 is 0 Å². The fraction of sp³-hybridized carbons (Fsp3) is 0.375. The number of amides is 1. The minimum absolute atomic E-state index is 0.00754. The van der Waals surface area contributed by atoms with Crippen LogP contribution in [0.4, 0.5) is 0 Å². The van der Waals surface area contributed by atoms with Crippen molar-refractivity contribution in [2.45, 2.75) is 26.4 Å². The fourth-order valence-electron chi connectivity index (χ4n) is 1.79. The molecule has 1 atom stereocenters. The number of hydrogen-bond acceptors (Lipinski definition) is 4. The van der Waals surface area contributed by atoms with Gasteiger partial charge in [0.2, 0.25) is 0 Å². The summed E-state index contributed by atoms with van der Waals surface area (Å²) in [6.45, 7) is 5.57. The van der Waals surface area contributed by atoms with Gasteiger partial charge in [-0.25, -0.2) is 4.98 Å². The molecule has 2 N–H and O–H groups in total. The number of hydrogen-bond donors (Lipinski definition) is 2. The predicted octanol–water partition coefficient (Wildman–Crippen LogP) is 3.13. The zero-order valence-electron chi connectivity index (χ0n) is 12.8. The van der Waals surface area contributed by atoms with Crippen molar-refractivity contribution in [1.82, 2.24) is 10.3 Å². The summed E-state index contributed by atoms with van der Waals surface area (Å²) in [5.74, 6) is -0.0926. The van der Waals surface area contributed by atoms with Gasteiger partial charge in [-0.05, 0) is 25.0 Å². The number of rotatable bonds is 5. The SMILES string of the molecule is CC(C)C(C)(O)CNC(=O)c1ncoc1-c1ccccc1Cl. The molecule has 2 aromatic rings. The maximum atomic E-state index is 12.3. The van der Waals surface area contributed by atoms with Crippen LogP contribution in [0, 0.1) is 5.92 Å². The van der Waals surface area contributed by atoms with Gasteiger partial charge in [0.05, 0.1) is 10.6 Å². The summed E-state index contributed by atoms with van der Waals surface area (Å²) in [7, 11) is 0. The van der Waals surface area contributed by atoms with E-state index in [1.807, 2.05) is 13.8 Å². The molecule has 0 aliphatic heterocycles. The van der Waals surface area contributed by atoms with E-state index < -0.39 is 11.5 Å². The second-order valence-electron chi connectivity index (χ2n) is 5.70. The summed E-state index contributed by atoms with van der Waals surface area (Å²) in [5, 5.41) is 13.3. The van der Waals surface area contributed by atoms with Crippen LogP contribution in [0.1, 0.15) is 31.3 Å². The van der Waals surface area contributed by atoms with Crippen molar-refractivity contribution in [2.75, 3.05) is 6.54 Å². The van der Waals surface area contributed by atoms with Crippen molar-refractivity contribution in [3.8, 4) is 11.3 Å². The molecule has 6 heteroatoms. The first-order chi connectivity index (χ1) is 10.3. The molecule has 5 nitrogen and oxygen atoms in total. The van der Waals surface area contributed by atoms with E-state index in [1.165, 1.54) is 6.39 Å². The van der Waals surface area contributed by atoms with E-state index in [0.29, 0.717) is 16.3 Å². The number of halogens is 1. The lowest BCUT2D eigenvalue weighted by atomic mass is 9.92. The standard InChI is InChI=1S/C16H19ClN2O3/c1-10(2)16(3,21)8-18-15(20)13-14(22-9-19-13)11-6-4-5-7-12(11)17/h4-7,9-10,21H,8H2,1-3H3,(H,18,20). The Morgan fingerprint density at radius 2 is 2.14 bits per heavy atom. The molecular weight excluding hydrogens is 304 g/mol. The van der Waals surface area contributed by atoms with Crippen molar-refractivity contribution in [3.63, 3.8) is 0 Å². The van der Waals surface area contributed by atoms with Gasteiger partial charge < -0.3 is 14.8 Å². The van der Waals surface area contributed by atoms with Gasteiger partial charge in [0, 0.05) is 12.1 Å². The largest absolute Gasteiger partial charge is 0.443 e. The van der Waals surface area contributed by atoms with Gasteiger partial charge in [0.1, 0.15) is 0 Å². The molecule has 22 heavy (non-hydrogen) atoms. The number of aliphatic hydroxyl groups is 1. The van der Waals surface area contributed by atoms with Crippen LogP contribution >= 0.6 is 11.6 Å². The smallest absolute Gasteiger partial charge is 0.274 e. The van der Waals surface area contributed by atoms with Gasteiger partial charge in [0.15, 0.2) is 17.8 Å². The molecule has 0 saturated carbocycles. The van der Waals surface area contributed by atoms with Crippen LogP contribution in [0.25, 0.3) is 11.3 Å². The summed E-state index contributed by atoms with van der Waals surface area (Å²) >= 11 is 6.12. The first-order valence-corrected chi connectivity index (χ1v) is 7.39. The highest BCUT2D eigenvalue weighted by Crippen LogP contribution is 2.29. The van der Waals surface area contributed by atoms with Gasteiger partial charge in [-0.1, -0.05) is 37.6 Å². The van der Waals surface area contributed by atoms with Crippen molar-refractivity contribution < 1.29 is 14.3 Å². The number of benzene rings is 1. The number of aromatic nitrogens is 1. The summed E-state index contributed by atoms with van der Waals surface area (Å²) in [5.41, 5.74) is -0.251. The molecule has 1 aromatic carbocycles. The number of nitrogens with zero attached hydrogens (tertiary/aromatic N) is 1. The number of oxazole rings is 1. The third-order valence-corrected chi connectivity index (χ3v) is 4.08. The molecule has 1 amide bonds. The second-order valence-corrected chi connectivity index (χ2v) is 6.11. The molecule has 0 saturated heterocycles. The summed E-state index contributed by atoms with van der Waals surface area (Å²) in [4.78, 5) is 16.3. The van der Waals surface area contributed by atoms with E-state index in [2.05, 4.69) is 10.3 Å². The van der Waals surface area contributed by atoms with Crippen LogP contribution in [-0.2, 0) is 0 Å². The minimum atomic E-state index is -0.996. The van der Waals surface area contributed by atoms with Crippen LogP contribution in [0.15, 0.2) is 35.1 Å². The van der Waals surface area contributed by atoms with Crippen LogP contribution in [0.5, 0.6) is 0 Å². The van der Waals surface area contributed by atoms with Crippen molar-refractivity contribution >= 4 is 17.5 Å². The highest BCUT2D eigenvalue weighted by molar-refractivity contribution is 6.33. The molecule has 2 rings (SSSR count). The third kappa shape index (κ3) is 3.48. The average Bonchev–Trinajstić information content (AvgIpc) is 2.94. The molecule has 1 aromatic heterocycles. The highest BCUT2D eigenvalue weighted by Gasteiger charge is 2.27.